The summed E-state index contributed by atoms with van der Waals surface area (Å²) >= 11 is 0. The van der Waals surface area contributed by atoms with Gasteiger partial charge in [0.25, 0.3) is 5.91 Å². The Morgan fingerprint density at radius 1 is 1.09 bits per heavy atom. The van der Waals surface area contributed by atoms with Crippen LogP contribution in [0.4, 0.5) is 5.69 Å². The lowest BCUT2D eigenvalue weighted by atomic mass is 9.99. The standard InChI is InChI=1S/C20H26N2O/c1-4-16(2)18-10-12-19(13-11-18)21-20(23)15-22(3)14-17-8-6-5-7-9-17/h5-13,16H,4,14-15H2,1-3H3,(H,21,23)/p+1/t16-/m0/s1. The minimum atomic E-state index is 0.0507. The molecule has 0 heterocycles. The molecule has 2 aromatic carbocycles. The summed E-state index contributed by atoms with van der Waals surface area (Å²) < 4.78 is 0. The van der Waals surface area contributed by atoms with E-state index in [0.29, 0.717) is 12.5 Å². The quantitative estimate of drug-likeness (QED) is 0.810. The van der Waals surface area contributed by atoms with E-state index in [4.69, 9.17) is 0 Å². The molecule has 3 nitrogen and oxygen atoms in total. The lowest BCUT2D eigenvalue weighted by Gasteiger charge is -2.14. The van der Waals surface area contributed by atoms with Gasteiger partial charge in [0.15, 0.2) is 6.54 Å². The second kappa shape index (κ2) is 8.49. The van der Waals surface area contributed by atoms with Crippen LogP contribution in [0.25, 0.3) is 0 Å². The average Bonchev–Trinajstić information content (AvgIpc) is 2.55. The molecular formula is C20H27N2O+. The summed E-state index contributed by atoms with van der Waals surface area (Å²) in [6, 6.07) is 18.4. The van der Waals surface area contributed by atoms with Crippen molar-refractivity contribution >= 4 is 11.6 Å². The molecule has 1 unspecified atom stereocenters. The number of carbonyl (C=O) groups is 1. The highest BCUT2D eigenvalue weighted by Gasteiger charge is 2.11. The van der Waals surface area contributed by atoms with Crippen molar-refractivity contribution in [3.8, 4) is 0 Å². The third-order valence-corrected chi connectivity index (χ3v) is 4.19. The van der Waals surface area contributed by atoms with Gasteiger partial charge in [0, 0.05) is 11.3 Å². The topological polar surface area (TPSA) is 33.5 Å². The number of likely N-dealkylation sites (N-methyl/N-ethyl adjacent to an activating group) is 1. The number of nitrogens with one attached hydrogen (secondary N) is 2. The molecule has 0 saturated heterocycles. The molecule has 2 atom stereocenters. The Labute approximate surface area is 139 Å². The number of anilines is 1. The minimum absolute atomic E-state index is 0.0507. The van der Waals surface area contributed by atoms with Crippen LogP contribution in [-0.2, 0) is 11.3 Å². The molecule has 3 heteroatoms. The van der Waals surface area contributed by atoms with E-state index in [1.54, 1.807) is 0 Å². The Kier molecular flexibility index (Phi) is 6.36. The highest BCUT2D eigenvalue weighted by molar-refractivity contribution is 5.91. The van der Waals surface area contributed by atoms with Crippen LogP contribution in [0.1, 0.15) is 37.3 Å². The van der Waals surface area contributed by atoms with Crippen molar-refractivity contribution in [2.45, 2.75) is 32.7 Å². The van der Waals surface area contributed by atoms with Gasteiger partial charge in [-0.2, -0.15) is 0 Å². The van der Waals surface area contributed by atoms with E-state index < -0.39 is 0 Å². The summed E-state index contributed by atoms with van der Waals surface area (Å²) in [4.78, 5) is 13.3. The molecule has 0 aliphatic heterocycles. The summed E-state index contributed by atoms with van der Waals surface area (Å²) in [6.45, 7) is 5.71. The number of amides is 1. The number of hydrogen-bond donors (Lipinski definition) is 2. The lowest BCUT2D eigenvalue weighted by Crippen LogP contribution is -3.08. The van der Waals surface area contributed by atoms with Crippen LogP contribution in [-0.4, -0.2) is 19.5 Å². The van der Waals surface area contributed by atoms with Crippen LogP contribution >= 0.6 is 0 Å². The summed E-state index contributed by atoms with van der Waals surface area (Å²) in [5.41, 5.74) is 3.43. The van der Waals surface area contributed by atoms with Crippen molar-refractivity contribution < 1.29 is 9.69 Å². The van der Waals surface area contributed by atoms with Crippen LogP contribution in [0.15, 0.2) is 54.6 Å². The van der Waals surface area contributed by atoms with E-state index in [-0.39, 0.29) is 5.91 Å². The molecule has 2 aromatic rings. The smallest absolute Gasteiger partial charge is 0.279 e. The molecule has 2 N–H and O–H groups in total. The molecular weight excluding hydrogens is 284 g/mol. The van der Waals surface area contributed by atoms with Gasteiger partial charge in [-0.15, -0.1) is 0 Å². The number of benzene rings is 2. The zero-order valence-electron chi connectivity index (χ0n) is 14.3. The molecule has 0 fully saturated rings. The van der Waals surface area contributed by atoms with Crippen LogP contribution in [0.2, 0.25) is 0 Å². The average molecular weight is 311 g/mol. The van der Waals surface area contributed by atoms with Crippen molar-refractivity contribution in [2.75, 3.05) is 18.9 Å². The number of hydrogen-bond acceptors (Lipinski definition) is 1. The SMILES string of the molecule is CC[C@H](C)c1ccc(NC(=O)C[NH+](C)Cc2ccccc2)cc1. The van der Waals surface area contributed by atoms with Gasteiger partial charge in [-0.25, -0.2) is 0 Å². The van der Waals surface area contributed by atoms with Crippen molar-refractivity contribution in [1.29, 1.82) is 0 Å². The first-order chi connectivity index (χ1) is 11.1. The van der Waals surface area contributed by atoms with Crippen molar-refractivity contribution in [2.24, 2.45) is 0 Å². The molecule has 0 spiro atoms. The van der Waals surface area contributed by atoms with Gasteiger partial charge >= 0.3 is 0 Å². The second-order valence-corrected chi connectivity index (χ2v) is 6.28. The molecule has 2 rings (SSSR count). The fourth-order valence-electron chi connectivity index (χ4n) is 2.62. The molecule has 0 saturated carbocycles. The first-order valence-corrected chi connectivity index (χ1v) is 8.33. The van der Waals surface area contributed by atoms with E-state index in [0.717, 1.165) is 18.7 Å². The number of rotatable bonds is 7. The maximum Gasteiger partial charge on any atom is 0.279 e. The van der Waals surface area contributed by atoms with Gasteiger partial charge in [-0.3, -0.25) is 4.79 Å². The van der Waals surface area contributed by atoms with E-state index in [2.05, 4.69) is 43.4 Å². The molecule has 1 amide bonds. The maximum absolute atomic E-state index is 12.2. The monoisotopic (exact) mass is 311 g/mol. The highest BCUT2D eigenvalue weighted by Crippen LogP contribution is 2.20. The van der Waals surface area contributed by atoms with Gasteiger partial charge in [-0.05, 0) is 30.0 Å². The van der Waals surface area contributed by atoms with Gasteiger partial charge < -0.3 is 10.2 Å². The highest BCUT2D eigenvalue weighted by atomic mass is 16.2. The molecule has 23 heavy (non-hydrogen) atoms. The van der Waals surface area contributed by atoms with Gasteiger partial charge in [0.05, 0.1) is 7.05 Å². The van der Waals surface area contributed by atoms with Crippen LogP contribution < -0.4 is 10.2 Å². The number of quaternary nitrogens is 1. The van der Waals surface area contributed by atoms with Crippen molar-refractivity contribution in [3.63, 3.8) is 0 Å². The molecule has 0 aliphatic carbocycles. The van der Waals surface area contributed by atoms with Crippen molar-refractivity contribution in [3.05, 3.63) is 65.7 Å². The second-order valence-electron chi connectivity index (χ2n) is 6.28. The summed E-state index contributed by atoms with van der Waals surface area (Å²) in [6.07, 6.45) is 1.12. The van der Waals surface area contributed by atoms with E-state index >= 15 is 0 Å². The Bertz CT molecular complexity index is 607. The predicted octanol–water partition coefficient (Wildman–Crippen LogP) is 2.85. The Balaban J connectivity index is 1.84. The zero-order valence-corrected chi connectivity index (χ0v) is 14.3. The predicted molar refractivity (Wildman–Crippen MR) is 95.7 cm³/mol. The number of carbonyl (C=O) groups excluding carboxylic acids is 1. The lowest BCUT2D eigenvalue weighted by molar-refractivity contribution is -0.885. The zero-order chi connectivity index (χ0) is 16.7. The summed E-state index contributed by atoms with van der Waals surface area (Å²) in [7, 11) is 2.04. The third-order valence-electron chi connectivity index (χ3n) is 4.19. The first kappa shape index (κ1) is 17.2. The molecule has 0 aliphatic rings. The molecule has 122 valence electrons. The first-order valence-electron chi connectivity index (χ1n) is 8.33. The van der Waals surface area contributed by atoms with Gasteiger partial charge in [-0.1, -0.05) is 56.3 Å². The minimum Gasteiger partial charge on any atom is -0.326 e. The Morgan fingerprint density at radius 2 is 1.74 bits per heavy atom. The maximum atomic E-state index is 12.2. The summed E-state index contributed by atoms with van der Waals surface area (Å²) in [5, 5.41) is 2.98. The fraction of sp³-hybridized carbons (Fsp3) is 0.350. The summed E-state index contributed by atoms with van der Waals surface area (Å²) in [5.74, 6) is 0.607. The normalized spacial score (nSPS) is 13.3. The van der Waals surface area contributed by atoms with E-state index in [9.17, 15) is 4.79 Å². The van der Waals surface area contributed by atoms with Crippen LogP contribution in [0.3, 0.4) is 0 Å². The fourth-order valence-corrected chi connectivity index (χ4v) is 2.62. The van der Waals surface area contributed by atoms with E-state index in [1.807, 2.05) is 37.4 Å². The Morgan fingerprint density at radius 3 is 2.35 bits per heavy atom. The largest absolute Gasteiger partial charge is 0.326 e. The van der Waals surface area contributed by atoms with Gasteiger partial charge in [0.2, 0.25) is 0 Å². The Hall–Kier alpha value is -2.13. The van der Waals surface area contributed by atoms with Crippen molar-refractivity contribution in [1.82, 2.24) is 0 Å². The third kappa shape index (κ3) is 5.53. The molecule has 0 bridgehead atoms. The van der Waals surface area contributed by atoms with E-state index in [1.165, 1.54) is 16.0 Å². The van der Waals surface area contributed by atoms with Gasteiger partial charge in [0.1, 0.15) is 6.54 Å². The molecule has 0 radical (unpaired) electrons. The molecule has 0 aromatic heterocycles. The van der Waals surface area contributed by atoms with Crippen LogP contribution in [0, 0.1) is 0 Å². The van der Waals surface area contributed by atoms with Crippen LogP contribution in [0.5, 0.6) is 0 Å².